The molecule has 0 saturated carbocycles. The Morgan fingerprint density at radius 1 is 1.41 bits per heavy atom. The van der Waals surface area contributed by atoms with Gasteiger partial charge in [-0.1, -0.05) is 24.8 Å². The third-order valence-electron chi connectivity index (χ3n) is 2.09. The molecular weight excluding hydrogens is 234 g/mol. The molecule has 0 aliphatic carbocycles. The first kappa shape index (κ1) is 14.1. The Labute approximate surface area is 107 Å². The number of nitrogens with one attached hydrogen (secondary N) is 1. The molecule has 0 radical (unpaired) electrons. The van der Waals surface area contributed by atoms with Crippen molar-refractivity contribution in [3.63, 3.8) is 0 Å². The summed E-state index contributed by atoms with van der Waals surface area (Å²) >= 11 is 1.61. The van der Waals surface area contributed by atoms with Crippen LogP contribution < -0.4 is 5.32 Å². The molecule has 94 valence electrons. The average molecular weight is 253 g/mol. The smallest absolute Gasteiger partial charge is 0.0945 e. The highest BCUT2D eigenvalue weighted by atomic mass is 32.2. The van der Waals surface area contributed by atoms with E-state index in [-0.39, 0.29) is 0 Å². The van der Waals surface area contributed by atoms with E-state index in [4.69, 9.17) is 4.74 Å². The number of rotatable bonds is 9. The van der Waals surface area contributed by atoms with Gasteiger partial charge in [-0.2, -0.15) is 0 Å². The molecule has 3 nitrogen and oxygen atoms in total. The molecule has 0 spiro atoms. The first-order valence-corrected chi connectivity index (χ1v) is 6.65. The highest BCUT2D eigenvalue weighted by molar-refractivity contribution is 8.02. The number of aliphatic hydroxyl groups excluding tert-OH is 1. The van der Waals surface area contributed by atoms with Gasteiger partial charge in [-0.05, 0) is 17.5 Å². The Bertz CT molecular complexity index is 306. The van der Waals surface area contributed by atoms with Crippen molar-refractivity contribution in [1.82, 2.24) is 0 Å². The van der Waals surface area contributed by atoms with Crippen molar-refractivity contribution in [3.8, 4) is 0 Å². The summed E-state index contributed by atoms with van der Waals surface area (Å²) < 4.78 is 5.33. The summed E-state index contributed by atoms with van der Waals surface area (Å²) in [6, 6.07) is 9.81. The van der Waals surface area contributed by atoms with Crippen LogP contribution in [-0.4, -0.2) is 36.7 Å². The summed E-state index contributed by atoms with van der Waals surface area (Å²) in [5.74, 6) is 0.877. The summed E-state index contributed by atoms with van der Waals surface area (Å²) in [5, 5.41) is 14.6. The maximum Gasteiger partial charge on any atom is 0.0945 e. The van der Waals surface area contributed by atoms with Gasteiger partial charge in [0.15, 0.2) is 0 Å². The number of thioether (sulfide) groups is 1. The van der Waals surface area contributed by atoms with E-state index >= 15 is 0 Å². The van der Waals surface area contributed by atoms with Gasteiger partial charge in [0.25, 0.3) is 0 Å². The first-order chi connectivity index (χ1) is 8.33. The van der Waals surface area contributed by atoms with Gasteiger partial charge in [0.05, 0.1) is 19.3 Å². The van der Waals surface area contributed by atoms with Crippen LogP contribution in [0.1, 0.15) is 0 Å². The number of benzene rings is 1. The molecule has 17 heavy (non-hydrogen) atoms. The molecule has 0 aromatic heterocycles. The fourth-order valence-corrected chi connectivity index (χ4v) is 1.64. The van der Waals surface area contributed by atoms with Crippen LogP contribution >= 0.6 is 11.8 Å². The van der Waals surface area contributed by atoms with Gasteiger partial charge in [-0.3, -0.25) is 0 Å². The summed E-state index contributed by atoms with van der Waals surface area (Å²) in [6.07, 6.45) is -0.482. The molecule has 1 unspecified atom stereocenters. The fourth-order valence-electron chi connectivity index (χ4n) is 1.26. The van der Waals surface area contributed by atoms with Crippen LogP contribution in [0.4, 0.5) is 5.69 Å². The fraction of sp³-hybridized carbons (Fsp3) is 0.385. The van der Waals surface area contributed by atoms with Crippen LogP contribution in [0.3, 0.4) is 0 Å². The van der Waals surface area contributed by atoms with Crippen LogP contribution in [-0.2, 0) is 4.74 Å². The zero-order chi connectivity index (χ0) is 12.3. The minimum atomic E-state index is -0.482. The van der Waals surface area contributed by atoms with E-state index in [0.717, 1.165) is 11.4 Å². The van der Waals surface area contributed by atoms with Gasteiger partial charge >= 0.3 is 0 Å². The Morgan fingerprint density at radius 2 is 2.18 bits per heavy atom. The average Bonchev–Trinajstić information content (AvgIpc) is 2.37. The molecule has 0 saturated heterocycles. The Balaban J connectivity index is 2.05. The lowest BCUT2D eigenvalue weighted by Crippen LogP contribution is -2.25. The van der Waals surface area contributed by atoms with Gasteiger partial charge in [0, 0.05) is 18.0 Å². The Morgan fingerprint density at radius 3 is 2.88 bits per heavy atom. The van der Waals surface area contributed by atoms with Gasteiger partial charge in [0.1, 0.15) is 0 Å². The molecule has 1 aromatic rings. The molecule has 4 heteroatoms. The van der Waals surface area contributed by atoms with Gasteiger partial charge in [-0.15, -0.1) is 11.8 Å². The van der Waals surface area contributed by atoms with E-state index in [2.05, 4.69) is 11.9 Å². The lowest BCUT2D eigenvalue weighted by molar-refractivity contribution is 0.0508. The van der Waals surface area contributed by atoms with Crippen molar-refractivity contribution in [2.24, 2.45) is 0 Å². The third kappa shape index (κ3) is 7.05. The Kier molecular flexibility index (Phi) is 7.54. The van der Waals surface area contributed by atoms with Gasteiger partial charge < -0.3 is 15.2 Å². The minimum absolute atomic E-state index is 0.359. The molecule has 0 aliphatic heterocycles. The maximum atomic E-state index is 9.65. The molecule has 1 atom stereocenters. The Hall–Kier alpha value is -0.970. The van der Waals surface area contributed by atoms with Crippen LogP contribution in [0, 0.1) is 0 Å². The van der Waals surface area contributed by atoms with Crippen molar-refractivity contribution < 1.29 is 9.84 Å². The predicted molar refractivity (Wildman–Crippen MR) is 74.4 cm³/mol. The van der Waals surface area contributed by atoms with E-state index in [0.29, 0.717) is 19.8 Å². The second-order valence-corrected chi connectivity index (χ2v) is 4.59. The van der Waals surface area contributed by atoms with Crippen molar-refractivity contribution >= 4 is 17.4 Å². The van der Waals surface area contributed by atoms with Crippen molar-refractivity contribution in [3.05, 3.63) is 42.3 Å². The molecule has 1 rings (SSSR count). The highest BCUT2D eigenvalue weighted by Crippen LogP contribution is 2.05. The zero-order valence-electron chi connectivity index (χ0n) is 9.84. The number of para-hydroxylation sites is 1. The number of aliphatic hydroxyl groups is 1. The van der Waals surface area contributed by atoms with Crippen LogP contribution in [0.2, 0.25) is 0 Å². The standard InChI is InChI=1S/C13H19NO2S/c1-2-17-9-8-16-11-13(15)10-14-12-6-4-3-5-7-12/h2-7,13-15H,1,8-11H2. The summed E-state index contributed by atoms with van der Waals surface area (Å²) in [6.45, 7) is 5.10. The summed E-state index contributed by atoms with van der Waals surface area (Å²) in [7, 11) is 0. The monoisotopic (exact) mass is 253 g/mol. The molecule has 0 bridgehead atoms. The number of ether oxygens (including phenoxy) is 1. The van der Waals surface area contributed by atoms with Crippen molar-refractivity contribution in [2.45, 2.75) is 6.10 Å². The zero-order valence-corrected chi connectivity index (χ0v) is 10.7. The van der Waals surface area contributed by atoms with Gasteiger partial charge in [0.2, 0.25) is 0 Å². The lowest BCUT2D eigenvalue weighted by atomic mass is 10.3. The maximum absolute atomic E-state index is 9.65. The highest BCUT2D eigenvalue weighted by Gasteiger charge is 2.03. The van der Waals surface area contributed by atoms with E-state index in [1.54, 1.807) is 17.2 Å². The molecular formula is C13H19NO2S. The first-order valence-electron chi connectivity index (χ1n) is 5.60. The number of hydrogen-bond donors (Lipinski definition) is 2. The van der Waals surface area contributed by atoms with E-state index in [1.807, 2.05) is 30.3 Å². The summed E-state index contributed by atoms with van der Waals surface area (Å²) in [4.78, 5) is 0. The largest absolute Gasteiger partial charge is 0.389 e. The second-order valence-electron chi connectivity index (χ2n) is 3.51. The van der Waals surface area contributed by atoms with E-state index < -0.39 is 6.10 Å². The number of hydrogen-bond acceptors (Lipinski definition) is 4. The third-order valence-corrected chi connectivity index (χ3v) is 2.73. The quantitative estimate of drug-likeness (QED) is 0.663. The molecule has 2 N–H and O–H groups in total. The summed E-state index contributed by atoms with van der Waals surface area (Å²) in [5.41, 5.74) is 1.01. The molecule has 1 aromatic carbocycles. The molecule has 0 aliphatic rings. The van der Waals surface area contributed by atoms with Crippen LogP contribution in [0.15, 0.2) is 42.3 Å². The van der Waals surface area contributed by atoms with Gasteiger partial charge in [-0.25, -0.2) is 0 Å². The topological polar surface area (TPSA) is 41.5 Å². The minimum Gasteiger partial charge on any atom is -0.389 e. The van der Waals surface area contributed by atoms with Crippen LogP contribution in [0.25, 0.3) is 0 Å². The lowest BCUT2D eigenvalue weighted by Gasteiger charge is -2.12. The normalized spacial score (nSPS) is 12.1. The van der Waals surface area contributed by atoms with E-state index in [9.17, 15) is 5.11 Å². The van der Waals surface area contributed by atoms with Crippen LogP contribution in [0.5, 0.6) is 0 Å². The molecule has 0 heterocycles. The van der Waals surface area contributed by atoms with E-state index in [1.165, 1.54) is 0 Å². The van der Waals surface area contributed by atoms with Crippen molar-refractivity contribution in [2.75, 3.05) is 30.8 Å². The molecule has 0 fully saturated rings. The molecule has 0 amide bonds. The predicted octanol–water partition coefficient (Wildman–Crippen LogP) is 2.35. The SMILES string of the molecule is C=CSCCOCC(O)CNc1ccccc1. The number of anilines is 1. The second kappa shape index (κ2) is 9.10. The van der Waals surface area contributed by atoms with Crippen molar-refractivity contribution in [1.29, 1.82) is 0 Å².